The first-order valence-corrected chi connectivity index (χ1v) is 7.74. The number of nitrogens with zero attached hydrogens (tertiary/aromatic N) is 3. The van der Waals surface area contributed by atoms with Crippen LogP contribution >= 0.6 is 11.6 Å². The smallest absolute Gasteiger partial charge is 0.338 e. The predicted molar refractivity (Wildman–Crippen MR) is 88.7 cm³/mol. The summed E-state index contributed by atoms with van der Waals surface area (Å²) in [4.78, 5) is 22.2. The number of carbonyl (C=O) groups excluding carboxylic acids is 1. The molecule has 0 aliphatic heterocycles. The highest BCUT2D eigenvalue weighted by atomic mass is 35.5. The van der Waals surface area contributed by atoms with Crippen LogP contribution in [0.3, 0.4) is 0 Å². The molecule has 0 fully saturated rings. The molecule has 0 amide bonds. The van der Waals surface area contributed by atoms with E-state index in [1.54, 1.807) is 19.9 Å². The third kappa shape index (κ3) is 3.57. The summed E-state index contributed by atoms with van der Waals surface area (Å²) in [6.45, 7) is 3.28. The lowest BCUT2D eigenvalue weighted by Gasteiger charge is -2.02. The normalized spacial score (nSPS) is 10.7. The first-order chi connectivity index (χ1) is 12.3. The summed E-state index contributed by atoms with van der Waals surface area (Å²) in [6.07, 6.45) is 0. The molecular formula is C16H12ClN3O6. The van der Waals surface area contributed by atoms with Gasteiger partial charge in [0.1, 0.15) is 16.5 Å². The molecule has 9 nitrogen and oxygen atoms in total. The molecule has 0 unspecified atom stereocenters. The largest absolute Gasteiger partial charge is 0.466 e. The molecule has 3 aromatic rings. The fourth-order valence-corrected chi connectivity index (χ4v) is 2.44. The number of nitro benzene ring substituents is 1. The first kappa shape index (κ1) is 17.6. The molecule has 0 radical (unpaired) electrons. The molecule has 0 aliphatic carbocycles. The third-order valence-electron chi connectivity index (χ3n) is 3.44. The maximum Gasteiger partial charge on any atom is 0.338 e. The van der Waals surface area contributed by atoms with Gasteiger partial charge in [0.2, 0.25) is 0 Å². The number of halogens is 1. The molecule has 26 heavy (non-hydrogen) atoms. The van der Waals surface area contributed by atoms with E-state index in [2.05, 4.69) is 10.2 Å². The van der Waals surface area contributed by atoms with Gasteiger partial charge in [0, 0.05) is 6.07 Å². The number of benzene rings is 1. The Kier molecular flexibility index (Phi) is 4.72. The number of hydrogen-bond acceptors (Lipinski definition) is 8. The number of hydrogen-bond donors (Lipinski definition) is 0. The van der Waals surface area contributed by atoms with Crippen LogP contribution in [0.25, 0.3) is 11.5 Å². The van der Waals surface area contributed by atoms with Crippen LogP contribution in [0.2, 0.25) is 5.02 Å². The van der Waals surface area contributed by atoms with Gasteiger partial charge in [0.05, 0.1) is 16.1 Å². The van der Waals surface area contributed by atoms with Gasteiger partial charge < -0.3 is 13.6 Å². The van der Waals surface area contributed by atoms with E-state index >= 15 is 0 Å². The van der Waals surface area contributed by atoms with Crippen molar-refractivity contribution in [1.29, 1.82) is 0 Å². The monoisotopic (exact) mass is 377 g/mol. The fraction of sp³-hybridized carbons (Fsp3) is 0.188. The Balaban J connectivity index is 1.70. The summed E-state index contributed by atoms with van der Waals surface area (Å²) in [5.74, 6) is 0.874. The van der Waals surface area contributed by atoms with Crippen LogP contribution < -0.4 is 0 Å². The Morgan fingerprint density at radius 3 is 2.69 bits per heavy atom. The average Bonchev–Trinajstić information content (AvgIpc) is 3.18. The van der Waals surface area contributed by atoms with Crippen LogP contribution in [0.15, 0.2) is 33.1 Å². The van der Waals surface area contributed by atoms with E-state index < -0.39 is 10.9 Å². The second-order valence-corrected chi connectivity index (χ2v) is 5.73. The lowest BCUT2D eigenvalue weighted by Crippen LogP contribution is -2.06. The van der Waals surface area contributed by atoms with Crippen molar-refractivity contribution in [3.63, 3.8) is 0 Å². The van der Waals surface area contributed by atoms with Crippen molar-refractivity contribution in [3.05, 3.63) is 62.4 Å². The topological polar surface area (TPSA) is 122 Å². The molecule has 134 valence electrons. The summed E-state index contributed by atoms with van der Waals surface area (Å²) < 4.78 is 15.9. The summed E-state index contributed by atoms with van der Waals surface area (Å²) in [5.41, 5.74) is 0.259. The van der Waals surface area contributed by atoms with Crippen LogP contribution in [0.1, 0.15) is 27.8 Å². The van der Waals surface area contributed by atoms with Gasteiger partial charge in [-0.1, -0.05) is 11.6 Å². The highest BCUT2D eigenvalue weighted by Gasteiger charge is 2.19. The molecule has 0 spiro atoms. The highest BCUT2D eigenvalue weighted by Crippen LogP contribution is 2.27. The number of aryl methyl sites for hydroxylation is 2. The number of nitro groups is 1. The SMILES string of the molecule is Cc1cc(-c2nnc(COC(=O)c3ccc(Cl)c([N+](=O)[O-])c3)o2)c(C)o1. The zero-order valence-electron chi connectivity index (χ0n) is 13.7. The Morgan fingerprint density at radius 1 is 1.27 bits per heavy atom. The van der Waals surface area contributed by atoms with Crippen molar-refractivity contribution in [2.45, 2.75) is 20.5 Å². The standard InChI is InChI=1S/C16H12ClN3O6/c1-8-5-11(9(2)25-8)15-19-18-14(26-15)7-24-16(21)10-3-4-12(17)13(6-10)20(22)23/h3-6H,7H2,1-2H3. The van der Waals surface area contributed by atoms with Crippen molar-refractivity contribution >= 4 is 23.3 Å². The summed E-state index contributed by atoms with van der Waals surface area (Å²) in [6, 6.07) is 5.38. The zero-order chi connectivity index (χ0) is 18.8. The van der Waals surface area contributed by atoms with Gasteiger partial charge in [-0.3, -0.25) is 10.1 Å². The number of aromatic nitrogens is 2. The third-order valence-corrected chi connectivity index (χ3v) is 3.76. The van der Waals surface area contributed by atoms with E-state index in [4.69, 9.17) is 25.2 Å². The first-order valence-electron chi connectivity index (χ1n) is 7.36. The fourth-order valence-electron chi connectivity index (χ4n) is 2.25. The Hall–Kier alpha value is -3.20. The molecule has 3 rings (SSSR count). The molecular weight excluding hydrogens is 366 g/mol. The summed E-state index contributed by atoms with van der Waals surface area (Å²) in [5, 5.41) is 18.5. The maximum absolute atomic E-state index is 12.0. The maximum atomic E-state index is 12.0. The molecule has 0 N–H and O–H groups in total. The van der Waals surface area contributed by atoms with Crippen molar-refractivity contribution in [2.75, 3.05) is 0 Å². The second-order valence-electron chi connectivity index (χ2n) is 5.33. The van der Waals surface area contributed by atoms with Gasteiger partial charge in [0.15, 0.2) is 6.61 Å². The van der Waals surface area contributed by atoms with Crippen molar-refractivity contribution in [3.8, 4) is 11.5 Å². The highest BCUT2D eigenvalue weighted by molar-refractivity contribution is 6.32. The van der Waals surface area contributed by atoms with Gasteiger partial charge in [-0.2, -0.15) is 0 Å². The lowest BCUT2D eigenvalue weighted by molar-refractivity contribution is -0.384. The van der Waals surface area contributed by atoms with Crippen LogP contribution in [0, 0.1) is 24.0 Å². The van der Waals surface area contributed by atoms with Crippen LogP contribution in [0.5, 0.6) is 0 Å². The number of esters is 1. The molecule has 10 heteroatoms. The lowest BCUT2D eigenvalue weighted by atomic mass is 10.2. The van der Waals surface area contributed by atoms with E-state index in [9.17, 15) is 14.9 Å². The van der Waals surface area contributed by atoms with Crippen LogP contribution in [0.4, 0.5) is 5.69 Å². The van der Waals surface area contributed by atoms with E-state index in [0.717, 1.165) is 6.07 Å². The number of carbonyl (C=O) groups is 1. The van der Waals surface area contributed by atoms with Gasteiger partial charge in [-0.05, 0) is 32.0 Å². The van der Waals surface area contributed by atoms with Crippen molar-refractivity contribution in [2.24, 2.45) is 0 Å². The zero-order valence-corrected chi connectivity index (χ0v) is 14.4. The Bertz CT molecular complexity index is 994. The van der Waals surface area contributed by atoms with Crippen LogP contribution in [-0.2, 0) is 11.3 Å². The van der Waals surface area contributed by atoms with Gasteiger partial charge in [-0.15, -0.1) is 10.2 Å². The molecule has 2 aromatic heterocycles. The Morgan fingerprint density at radius 2 is 2.04 bits per heavy atom. The number of furan rings is 1. The van der Waals surface area contributed by atoms with E-state index in [1.807, 2.05) is 0 Å². The summed E-state index contributed by atoms with van der Waals surface area (Å²) >= 11 is 5.71. The van der Waals surface area contributed by atoms with Gasteiger partial charge in [0.25, 0.3) is 17.5 Å². The second kappa shape index (κ2) is 6.96. The van der Waals surface area contributed by atoms with Crippen LogP contribution in [-0.4, -0.2) is 21.1 Å². The van der Waals surface area contributed by atoms with E-state index in [1.165, 1.54) is 12.1 Å². The number of rotatable bonds is 5. The van der Waals surface area contributed by atoms with Gasteiger partial charge >= 0.3 is 5.97 Å². The minimum atomic E-state index is -0.778. The van der Waals surface area contributed by atoms with Crippen molar-refractivity contribution in [1.82, 2.24) is 10.2 Å². The Labute approximate surface area is 151 Å². The van der Waals surface area contributed by atoms with Crippen molar-refractivity contribution < 1.29 is 23.3 Å². The minimum Gasteiger partial charge on any atom is -0.466 e. The average molecular weight is 378 g/mol. The molecule has 0 saturated carbocycles. The molecule has 2 heterocycles. The molecule has 0 aliphatic rings. The minimum absolute atomic E-state index is 0.0119. The molecule has 1 aromatic carbocycles. The molecule has 0 atom stereocenters. The number of ether oxygens (including phenoxy) is 1. The molecule has 0 bridgehead atoms. The van der Waals surface area contributed by atoms with E-state index in [0.29, 0.717) is 17.1 Å². The van der Waals surface area contributed by atoms with Gasteiger partial charge in [-0.25, -0.2) is 4.79 Å². The summed E-state index contributed by atoms with van der Waals surface area (Å²) in [7, 11) is 0. The molecule has 0 saturated heterocycles. The quantitative estimate of drug-likeness (QED) is 0.373. The van der Waals surface area contributed by atoms with E-state index in [-0.39, 0.29) is 34.7 Å². The predicted octanol–water partition coefficient (Wildman–Crippen LogP) is 3.87.